The summed E-state index contributed by atoms with van der Waals surface area (Å²) in [6, 6.07) is 90.3. The first-order valence-electron chi connectivity index (χ1n) is 22.8. The first kappa shape index (κ1) is 39.0. The van der Waals surface area contributed by atoms with Crippen molar-refractivity contribution >= 4 is 49.5 Å². The van der Waals surface area contributed by atoms with Gasteiger partial charge in [0.25, 0.3) is 0 Å². The van der Waals surface area contributed by atoms with Gasteiger partial charge in [-0.2, -0.15) is 0 Å². The average molecular weight is 841 g/mol. The summed E-state index contributed by atoms with van der Waals surface area (Å²) >= 11 is 0. The Balaban J connectivity index is 0.997. The van der Waals surface area contributed by atoms with Crippen LogP contribution < -0.4 is 4.90 Å². The minimum absolute atomic E-state index is 0.877. The highest BCUT2D eigenvalue weighted by Crippen LogP contribution is 2.44. The minimum atomic E-state index is 0.877. The van der Waals surface area contributed by atoms with E-state index in [0.717, 1.165) is 52.1 Å². The topological polar surface area (TPSA) is 8.17 Å². The third-order valence-electron chi connectivity index (χ3n) is 13.2. The van der Waals surface area contributed by atoms with Gasteiger partial charge in [0.05, 0.1) is 28.0 Å². The van der Waals surface area contributed by atoms with E-state index in [0.29, 0.717) is 0 Å². The monoisotopic (exact) mass is 840 g/mol. The fraction of sp³-hybridized carbons (Fsp3) is 0.0312. The zero-order chi connectivity index (χ0) is 43.8. The van der Waals surface area contributed by atoms with Crippen molar-refractivity contribution in [2.45, 2.75) is 12.8 Å². The average Bonchev–Trinajstić information content (AvgIpc) is 3.73. The number of allylic oxidation sites excluding steroid dienone is 4. The molecule has 1 aromatic heterocycles. The molecule has 12 rings (SSSR count). The predicted molar refractivity (Wildman–Crippen MR) is 278 cm³/mol. The van der Waals surface area contributed by atoms with E-state index >= 15 is 0 Å². The van der Waals surface area contributed by atoms with E-state index < -0.39 is 0 Å². The summed E-state index contributed by atoms with van der Waals surface area (Å²) in [7, 11) is 0. The predicted octanol–water partition coefficient (Wildman–Crippen LogP) is 17.1. The molecule has 0 radical (unpaired) electrons. The molecule has 0 atom stereocenters. The van der Waals surface area contributed by atoms with E-state index in [1.807, 2.05) is 6.07 Å². The summed E-state index contributed by atoms with van der Waals surface area (Å²) in [5.41, 5.74) is 18.7. The van der Waals surface area contributed by atoms with Gasteiger partial charge in [0.15, 0.2) is 0 Å². The van der Waals surface area contributed by atoms with Crippen molar-refractivity contribution in [1.29, 1.82) is 0 Å². The van der Waals surface area contributed by atoms with Crippen LogP contribution in [0, 0.1) is 12.1 Å². The number of nitrogens with zero attached hydrogens (tertiary/aromatic N) is 2. The Bertz CT molecular complexity index is 3630. The molecule has 66 heavy (non-hydrogen) atoms. The Hall–Kier alpha value is -8.64. The van der Waals surface area contributed by atoms with Crippen molar-refractivity contribution in [2.75, 3.05) is 4.90 Å². The lowest BCUT2D eigenvalue weighted by Crippen LogP contribution is -2.19. The van der Waals surface area contributed by atoms with Gasteiger partial charge in [0, 0.05) is 27.7 Å². The highest BCUT2D eigenvalue weighted by Gasteiger charge is 2.24. The third-order valence-corrected chi connectivity index (χ3v) is 13.2. The molecule has 0 saturated heterocycles. The molecule has 1 aliphatic rings. The van der Waals surface area contributed by atoms with Gasteiger partial charge in [0.2, 0.25) is 0 Å². The van der Waals surface area contributed by atoms with Crippen LogP contribution in [-0.2, 0) is 0 Å². The maximum absolute atomic E-state index is 3.65. The maximum atomic E-state index is 3.65. The van der Waals surface area contributed by atoms with Crippen molar-refractivity contribution in [3.05, 3.63) is 266 Å². The van der Waals surface area contributed by atoms with Gasteiger partial charge in [-0.3, -0.25) is 0 Å². The second-order valence-corrected chi connectivity index (χ2v) is 17.1. The molecule has 1 aliphatic carbocycles. The molecule has 0 saturated carbocycles. The third kappa shape index (κ3) is 7.14. The van der Waals surface area contributed by atoms with Crippen LogP contribution in [0.3, 0.4) is 0 Å². The van der Waals surface area contributed by atoms with E-state index in [1.165, 1.54) is 71.8 Å². The molecule has 10 aromatic carbocycles. The van der Waals surface area contributed by atoms with Gasteiger partial charge in [0.1, 0.15) is 0 Å². The first-order valence-corrected chi connectivity index (χ1v) is 22.8. The molecule has 0 unspecified atom stereocenters. The van der Waals surface area contributed by atoms with Gasteiger partial charge >= 0.3 is 0 Å². The number of rotatable bonds is 9. The van der Waals surface area contributed by atoms with Crippen LogP contribution in [0.25, 0.3) is 88.3 Å². The molecule has 0 spiro atoms. The van der Waals surface area contributed by atoms with Crippen LogP contribution >= 0.6 is 0 Å². The lowest BCUT2D eigenvalue weighted by Gasteiger charge is -2.32. The number of hydrogen-bond donors (Lipinski definition) is 0. The summed E-state index contributed by atoms with van der Waals surface area (Å²) in [6.07, 6.45) is 6.47. The van der Waals surface area contributed by atoms with E-state index in [2.05, 4.69) is 258 Å². The second kappa shape index (κ2) is 16.8. The second-order valence-electron chi connectivity index (χ2n) is 17.1. The number of anilines is 2. The van der Waals surface area contributed by atoms with Crippen molar-refractivity contribution < 1.29 is 0 Å². The van der Waals surface area contributed by atoms with Crippen LogP contribution in [0.15, 0.2) is 248 Å². The highest BCUT2D eigenvalue weighted by molar-refractivity contribution is 6.11. The Labute approximate surface area is 386 Å². The minimum Gasteiger partial charge on any atom is -0.314 e. The fourth-order valence-electron chi connectivity index (χ4n) is 9.91. The molecule has 0 fully saturated rings. The largest absolute Gasteiger partial charge is 0.314 e. The van der Waals surface area contributed by atoms with Crippen LogP contribution in [0.1, 0.15) is 18.4 Å². The molecule has 310 valence electrons. The summed E-state index contributed by atoms with van der Waals surface area (Å²) in [4.78, 5) is 2.47. The Morgan fingerprint density at radius 3 is 1.80 bits per heavy atom. The molecule has 0 N–H and O–H groups in total. The van der Waals surface area contributed by atoms with Gasteiger partial charge in [-0.05, 0) is 135 Å². The number of benzene rings is 9. The van der Waals surface area contributed by atoms with Gasteiger partial charge in [-0.1, -0.05) is 188 Å². The summed E-state index contributed by atoms with van der Waals surface area (Å²) in [5, 5.41) is 4.97. The molecule has 11 aromatic rings. The number of hydrogen-bond acceptors (Lipinski definition) is 1. The molecule has 1 heterocycles. The van der Waals surface area contributed by atoms with Crippen LogP contribution in [-0.4, -0.2) is 4.57 Å². The van der Waals surface area contributed by atoms with Crippen molar-refractivity contribution in [1.82, 2.24) is 4.57 Å². The van der Waals surface area contributed by atoms with E-state index in [-0.39, 0.29) is 0 Å². The molecule has 0 amide bonds. The molecule has 0 aliphatic heterocycles. The number of para-hydroxylation sites is 2. The number of fused-ring (bicyclic) bond motifs is 4. The Morgan fingerprint density at radius 2 is 1.03 bits per heavy atom. The summed E-state index contributed by atoms with van der Waals surface area (Å²) in [6.45, 7) is 0. The first-order chi connectivity index (χ1) is 32.7. The van der Waals surface area contributed by atoms with Crippen LogP contribution in [0.2, 0.25) is 0 Å². The van der Waals surface area contributed by atoms with E-state index in [4.69, 9.17) is 0 Å². The quantitative estimate of drug-likeness (QED) is 0.141. The van der Waals surface area contributed by atoms with E-state index in [9.17, 15) is 0 Å². The molecular formula is C64H44N2. The lowest BCUT2D eigenvalue weighted by molar-refractivity contribution is 0.930. The molecular weight excluding hydrogens is 797 g/mol. The van der Waals surface area contributed by atoms with Crippen LogP contribution in [0.4, 0.5) is 11.4 Å². The van der Waals surface area contributed by atoms with Crippen molar-refractivity contribution in [3.8, 4) is 50.2 Å². The maximum Gasteiger partial charge on any atom is 0.0632 e. The normalized spacial score (nSPS) is 12.5. The lowest BCUT2D eigenvalue weighted by atomic mass is 9.92. The summed E-state index contributed by atoms with van der Waals surface area (Å²) in [5.74, 6) is 0. The Morgan fingerprint density at radius 1 is 0.409 bits per heavy atom. The van der Waals surface area contributed by atoms with Crippen molar-refractivity contribution in [2.24, 2.45) is 0 Å². The SMILES string of the molecule is c1ccc(-n2c3ccccc3c3cc(-c4ccccc4)ccc32)c(-c2ccccc2N(C2=CC=C(c3ccc4ccccc4c3)CC2)c2ccc(-c3cccc(-c4ccccc4)c3)cc2)c#1. The van der Waals surface area contributed by atoms with Gasteiger partial charge < -0.3 is 9.47 Å². The number of aromatic nitrogens is 1. The fourth-order valence-corrected chi connectivity index (χ4v) is 9.91. The smallest absolute Gasteiger partial charge is 0.0632 e. The highest BCUT2D eigenvalue weighted by atomic mass is 15.2. The van der Waals surface area contributed by atoms with Gasteiger partial charge in [-0.15, -0.1) is 0 Å². The van der Waals surface area contributed by atoms with E-state index in [1.54, 1.807) is 0 Å². The zero-order valence-electron chi connectivity index (χ0n) is 36.4. The summed E-state index contributed by atoms with van der Waals surface area (Å²) < 4.78 is 2.41. The van der Waals surface area contributed by atoms with Gasteiger partial charge in [-0.25, -0.2) is 0 Å². The molecule has 2 nitrogen and oxygen atoms in total. The standard InChI is InChI=1S/C64H44N2/c1-3-16-45(17-4-1)51-22-15-23-52(42-51)48-32-37-55(38-33-48)65(56-39-34-49(35-40-56)53-31-30-47-20-7-8-21-50(47)43-53)61-27-12-9-24-57(61)58-25-10-13-28-62(58)66-63-29-14-11-26-59(63)60-44-54(36-41-64(60)66)46-18-5-2-6-19-46/h1-9,11-24,26-34,36-39,41-44H,35,40H2. The van der Waals surface area contributed by atoms with Crippen molar-refractivity contribution in [3.63, 3.8) is 0 Å². The molecule has 0 bridgehead atoms. The van der Waals surface area contributed by atoms with Crippen LogP contribution in [0.5, 0.6) is 0 Å². The Kier molecular flexibility index (Phi) is 9.93. The molecule has 2 heteroatoms. The zero-order valence-corrected chi connectivity index (χ0v) is 36.4.